The van der Waals surface area contributed by atoms with Crippen LogP contribution in [0.25, 0.3) is 0 Å². The second-order valence-corrected chi connectivity index (χ2v) is 2.85. The number of esters is 1. The van der Waals surface area contributed by atoms with Gasteiger partial charge in [-0.3, -0.25) is 0 Å². The van der Waals surface area contributed by atoms with E-state index < -0.39 is 12.1 Å². The molecule has 14 heavy (non-hydrogen) atoms. The molecule has 0 aromatic carbocycles. The van der Waals surface area contributed by atoms with Crippen LogP contribution < -0.4 is 5.32 Å². The molecule has 0 saturated carbocycles. The minimum Gasteiger partial charge on any atom is -0.507 e. The van der Waals surface area contributed by atoms with Crippen molar-refractivity contribution in [3.8, 4) is 5.75 Å². The lowest BCUT2D eigenvalue weighted by Gasteiger charge is -2.02. The molecule has 1 heterocycles. The number of alkyl carbamates (subject to hydrolysis) is 1. The van der Waals surface area contributed by atoms with Gasteiger partial charge in [-0.05, 0) is 11.3 Å². The Morgan fingerprint density at radius 3 is 2.21 bits per heavy atom. The molecular formula is C9H7NO4. The number of amides is 1. The molecule has 0 atom stereocenters. The molecular weight excluding hydrogens is 186 g/mol. The summed E-state index contributed by atoms with van der Waals surface area (Å²) in [6, 6.07) is 5.65. The van der Waals surface area contributed by atoms with Crippen LogP contribution in [0.15, 0.2) is 18.2 Å². The van der Waals surface area contributed by atoms with E-state index in [0.717, 1.165) is 5.22 Å². The molecule has 0 radical (unpaired) electrons. The van der Waals surface area contributed by atoms with Crippen LogP contribution in [-0.4, -0.2) is 23.7 Å². The molecule has 0 spiro atoms. The van der Waals surface area contributed by atoms with Crippen LogP contribution in [0.4, 0.5) is 4.79 Å². The molecule has 3 rings (SSSR count). The van der Waals surface area contributed by atoms with Crippen molar-refractivity contribution >= 4 is 12.1 Å². The summed E-state index contributed by atoms with van der Waals surface area (Å²) in [6.45, 7) is 0.0127. The Morgan fingerprint density at radius 2 is 2.14 bits per heavy atom. The minimum atomic E-state index is -0.648. The van der Waals surface area contributed by atoms with E-state index in [4.69, 9.17) is 5.11 Å². The minimum absolute atomic E-state index is 0.0127. The molecule has 3 aliphatic rings. The summed E-state index contributed by atoms with van der Waals surface area (Å²) in [6.07, 6.45) is -0.648. The fourth-order valence-electron chi connectivity index (χ4n) is 1.09. The largest absolute Gasteiger partial charge is 0.507 e. The standard InChI is InChI=1S/C6H4O.C3H3NO3/c7-6-3-4-1-2-5(4)6;5-2-1-4-3(6)7-2/h1-3,7H;1H2,(H,4,6). The lowest BCUT2D eigenvalue weighted by molar-refractivity contribution is -0.132. The molecule has 2 aliphatic carbocycles. The van der Waals surface area contributed by atoms with Crippen LogP contribution in [0.2, 0.25) is 0 Å². The molecule has 0 bridgehead atoms. The molecule has 0 aromatic rings. The first-order valence-corrected chi connectivity index (χ1v) is 3.99. The second kappa shape index (κ2) is 3.02. The average Bonchev–Trinajstić information content (AvgIpc) is 2.46. The molecule has 1 fully saturated rings. The Balaban J connectivity index is 0.000000107. The molecule has 1 saturated heterocycles. The van der Waals surface area contributed by atoms with Gasteiger partial charge in [0.25, 0.3) is 0 Å². The maximum atomic E-state index is 9.95. The van der Waals surface area contributed by atoms with Gasteiger partial charge < -0.3 is 15.2 Å². The molecule has 0 aromatic heterocycles. The van der Waals surface area contributed by atoms with Crippen molar-refractivity contribution in [2.75, 3.05) is 6.54 Å². The Hall–Kier alpha value is -2.04. The Bertz CT molecular complexity index is 480. The van der Waals surface area contributed by atoms with Gasteiger partial charge in [-0.2, -0.15) is 0 Å². The van der Waals surface area contributed by atoms with Crippen molar-refractivity contribution < 1.29 is 19.4 Å². The summed E-state index contributed by atoms with van der Waals surface area (Å²) in [5.41, 5.74) is 0. The van der Waals surface area contributed by atoms with E-state index in [0.29, 0.717) is 5.75 Å². The van der Waals surface area contributed by atoms with Crippen LogP contribution in [0.5, 0.6) is 5.75 Å². The number of cyclic esters (lactones) is 2. The number of phenols is 1. The van der Waals surface area contributed by atoms with Crippen LogP contribution >= 0.6 is 0 Å². The number of phenolic OH excluding ortho intramolecular Hbond substituents is 1. The van der Waals surface area contributed by atoms with E-state index in [-0.39, 0.29) is 6.54 Å². The van der Waals surface area contributed by atoms with Gasteiger partial charge in [-0.25, -0.2) is 9.59 Å². The van der Waals surface area contributed by atoms with Gasteiger partial charge in [0.2, 0.25) is 0 Å². The second-order valence-electron chi connectivity index (χ2n) is 2.85. The van der Waals surface area contributed by atoms with E-state index in [9.17, 15) is 9.59 Å². The predicted molar refractivity (Wildman–Crippen MR) is 45.3 cm³/mol. The maximum Gasteiger partial charge on any atom is 0.415 e. The quantitative estimate of drug-likeness (QED) is 0.464. The van der Waals surface area contributed by atoms with Crippen LogP contribution in [0.1, 0.15) is 0 Å². The molecule has 2 N–H and O–H groups in total. The number of ether oxygens (including phenoxy) is 1. The highest BCUT2D eigenvalue weighted by Crippen LogP contribution is 2.21. The summed E-state index contributed by atoms with van der Waals surface area (Å²) >= 11 is 0. The van der Waals surface area contributed by atoms with Crippen LogP contribution in [-0.2, 0) is 9.53 Å². The van der Waals surface area contributed by atoms with E-state index in [1.807, 2.05) is 12.1 Å². The number of hydrogen-bond acceptors (Lipinski definition) is 4. The molecule has 1 aliphatic heterocycles. The number of carbonyl (C=O) groups is 2. The SMILES string of the molecule is O=C1CNC(=O)O1.Oc1cc2ccc1=2. The highest BCUT2D eigenvalue weighted by Gasteiger charge is 2.17. The number of benzene rings is 1. The third-order valence-corrected chi connectivity index (χ3v) is 1.89. The van der Waals surface area contributed by atoms with E-state index in [1.165, 1.54) is 5.22 Å². The van der Waals surface area contributed by atoms with Gasteiger partial charge in [0, 0.05) is 5.22 Å². The third kappa shape index (κ3) is 1.39. The topological polar surface area (TPSA) is 75.6 Å². The zero-order chi connectivity index (χ0) is 10.1. The summed E-state index contributed by atoms with van der Waals surface area (Å²) < 4.78 is 3.97. The van der Waals surface area contributed by atoms with Crippen molar-refractivity contribution in [1.29, 1.82) is 0 Å². The van der Waals surface area contributed by atoms with E-state index in [1.54, 1.807) is 6.07 Å². The predicted octanol–water partition coefficient (Wildman–Crippen LogP) is 0.245. The van der Waals surface area contributed by atoms with E-state index in [2.05, 4.69) is 10.1 Å². The smallest absolute Gasteiger partial charge is 0.415 e. The molecule has 5 heteroatoms. The Labute approximate surface area is 78.6 Å². The van der Waals surface area contributed by atoms with Gasteiger partial charge in [0.05, 0.1) is 0 Å². The lowest BCUT2D eigenvalue weighted by Crippen LogP contribution is -2.12. The van der Waals surface area contributed by atoms with Crippen molar-refractivity contribution in [3.63, 3.8) is 0 Å². The normalized spacial score (nSPS) is 15.1. The molecule has 0 unspecified atom stereocenters. The zero-order valence-electron chi connectivity index (χ0n) is 7.11. The first-order valence-electron chi connectivity index (χ1n) is 3.99. The number of rotatable bonds is 0. The van der Waals surface area contributed by atoms with Crippen LogP contribution in [0.3, 0.4) is 0 Å². The fourth-order valence-corrected chi connectivity index (χ4v) is 1.09. The highest BCUT2D eigenvalue weighted by molar-refractivity contribution is 5.92. The van der Waals surface area contributed by atoms with E-state index >= 15 is 0 Å². The number of hydrogen-bond donors (Lipinski definition) is 2. The van der Waals surface area contributed by atoms with Crippen molar-refractivity contribution in [2.45, 2.75) is 0 Å². The summed E-state index contributed by atoms with van der Waals surface area (Å²) in [4.78, 5) is 19.8. The molecule has 5 nitrogen and oxygen atoms in total. The molecule has 72 valence electrons. The third-order valence-electron chi connectivity index (χ3n) is 1.89. The van der Waals surface area contributed by atoms with Crippen molar-refractivity contribution in [1.82, 2.24) is 5.32 Å². The maximum absolute atomic E-state index is 9.95. The first kappa shape index (κ1) is 8.55. The Kier molecular flexibility index (Phi) is 1.85. The first-order chi connectivity index (χ1) is 6.66. The van der Waals surface area contributed by atoms with Gasteiger partial charge in [0.15, 0.2) is 0 Å². The number of nitrogens with one attached hydrogen (secondary N) is 1. The zero-order valence-corrected chi connectivity index (χ0v) is 7.11. The summed E-state index contributed by atoms with van der Waals surface area (Å²) in [5, 5.41) is 13.1. The van der Waals surface area contributed by atoms with Crippen molar-refractivity contribution in [3.05, 3.63) is 28.6 Å². The number of carbonyl (C=O) groups excluding carboxylic acids is 2. The van der Waals surface area contributed by atoms with Gasteiger partial charge in [-0.15, -0.1) is 0 Å². The lowest BCUT2D eigenvalue weighted by atomic mass is 10.1. The summed E-state index contributed by atoms with van der Waals surface area (Å²) in [7, 11) is 0. The fraction of sp³-hybridized carbons (Fsp3) is 0.111. The van der Waals surface area contributed by atoms with Gasteiger partial charge in [0.1, 0.15) is 12.3 Å². The van der Waals surface area contributed by atoms with Gasteiger partial charge >= 0.3 is 12.1 Å². The highest BCUT2D eigenvalue weighted by atomic mass is 16.6. The van der Waals surface area contributed by atoms with Crippen LogP contribution in [0, 0.1) is 10.4 Å². The number of aromatic hydroxyl groups is 1. The van der Waals surface area contributed by atoms with Crippen molar-refractivity contribution in [2.24, 2.45) is 0 Å². The van der Waals surface area contributed by atoms with Gasteiger partial charge in [-0.1, -0.05) is 12.1 Å². The Morgan fingerprint density at radius 1 is 1.36 bits per heavy atom. The average molecular weight is 193 g/mol. The monoisotopic (exact) mass is 193 g/mol. The molecule has 1 amide bonds. The summed E-state index contributed by atoms with van der Waals surface area (Å²) in [5.74, 6) is -0.0671.